The van der Waals surface area contributed by atoms with Gasteiger partial charge < -0.3 is 14.2 Å². The maximum atomic E-state index is 10.9. The number of carboxylic acid groups (broad SMARTS) is 1. The zero-order chi connectivity index (χ0) is 12.3. The fourth-order valence-corrected chi connectivity index (χ4v) is 1.57. The van der Waals surface area contributed by atoms with E-state index in [1.165, 1.54) is 6.07 Å². The molecule has 6 nitrogen and oxygen atoms in total. The van der Waals surface area contributed by atoms with Crippen molar-refractivity contribution in [3.8, 4) is 0 Å². The molecule has 0 aliphatic carbocycles. The van der Waals surface area contributed by atoms with Crippen molar-refractivity contribution in [1.82, 2.24) is 14.7 Å². The lowest BCUT2D eigenvalue weighted by atomic mass is 10.3. The Morgan fingerprint density at radius 2 is 2.41 bits per heavy atom. The van der Waals surface area contributed by atoms with Crippen molar-refractivity contribution in [3.63, 3.8) is 0 Å². The first-order chi connectivity index (χ1) is 8.20. The second-order valence-corrected chi connectivity index (χ2v) is 3.68. The summed E-state index contributed by atoms with van der Waals surface area (Å²) in [4.78, 5) is 15.1. The predicted molar refractivity (Wildman–Crippen MR) is 58.8 cm³/mol. The largest absolute Gasteiger partial charge is 0.477 e. The van der Waals surface area contributed by atoms with E-state index >= 15 is 0 Å². The van der Waals surface area contributed by atoms with Crippen LogP contribution in [0.15, 0.2) is 22.9 Å². The molecule has 2 rings (SSSR count). The topological polar surface area (TPSA) is 81.2 Å². The fraction of sp³-hybridized carbons (Fsp3) is 0.364. The minimum absolute atomic E-state index is 0.215. The number of aromatic carboxylic acids is 1. The van der Waals surface area contributed by atoms with Crippen molar-refractivity contribution in [2.75, 3.05) is 0 Å². The van der Waals surface area contributed by atoms with Gasteiger partial charge in [-0.15, -0.1) is 0 Å². The molecular weight excluding hydrogens is 222 g/mol. The molecule has 0 saturated heterocycles. The summed E-state index contributed by atoms with van der Waals surface area (Å²) in [6.45, 7) is 2.33. The molecule has 0 spiro atoms. The first-order valence-electron chi connectivity index (χ1n) is 5.40. The summed E-state index contributed by atoms with van der Waals surface area (Å²) < 4.78 is 6.60. The number of carbonyl (C=O) groups is 1. The van der Waals surface area contributed by atoms with Crippen molar-refractivity contribution in [2.24, 2.45) is 0 Å². The van der Waals surface area contributed by atoms with Crippen LogP contribution in [0.4, 0.5) is 0 Å². The highest BCUT2D eigenvalue weighted by molar-refractivity contribution is 5.85. The molecule has 2 aromatic heterocycles. The maximum Gasteiger partial charge on any atom is 0.352 e. The van der Waals surface area contributed by atoms with Crippen LogP contribution in [0, 0.1) is 0 Å². The molecule has 0 bridgehead atoms. The van der Waals surface area contributed by atoms with E-state index in [0.717, 1.165) is 12.8 Å². The molecule has 0 radical (unpaired) electrons. The van der Waals surface area contributed by atoms with Gasteiger partial charge in [0.2, 0.25) is 5.89 Å². The second-order valence-electron chi connectivity index (χ2n) is 3.68. The van der Waals surface area contributed by atoms with Crippen LogP contribution < -0.4 is 0 Å². The van der Waals surface area contributed by atoms with Crippen LogP contribution in [0.25, 0.3) is 0 Å². The molecule has 2 aromatic rings. The quantitative estimate of drug-likeness (QED) is 0.850. The van der Waals surface area contributed by atoms with E-state index in [1.807, 2.05) is 6.92 Å². The molecule has 0 unspecified atom stereocenters. The van der Waals surface area contributed by atoms with Crippen LogP contribution >= 0.6 is 0 Å². The minimum Gasteiger partial charge on any atom is -0.477 e. The van der Waals surface area contributed by atoms with Gasteiger partial charge >= 0.3 is 5.97 Å². The third kappa shape index (κ3) is 2.52. The molecule has 0 aliphatic heterocycles. The Labute approximate surface area is 97.9 Å². The molecule has 1 N–H and O–H groups in total. The summed E-state index contributed by atoms with van der Waals surface area (Å²) >= 11 is 0. The Hall–Kier alpha value is -2.11. The first kappa shape index (κ1) is 11.4. The highest BCUT2D eigenvalue weighted by Gasteiger charge is 2.11. The molecule has 0 saturated carbocycles. The number of carboxylic acids is 1. The molecule has 90 valence electrons. The number of hydrogen-bond acceptors (Lipinski definition) is 4. The normalized spacial score (nSPS) is 10.6. The number of nitrogens with zero attached hydrogens (tertiary/aromatic N) is 3. The molecule has 6 heteroatoms. The minimum atomic E-state index is -0.965. The van der Waals surface area contributed by atoms with Crippen molar-refractivity contribution < 1.29 is 14.4 Å². The fourth-order valence-electron chi connectivity index (χ4n) is 1.57. The number of aromatic nitrogens is 3. The summed E-state index contributed by atoms with van der Waals surface area (Å²) in [5.74, 6) is 0.117. The van der Waals surface area contributed by atoms with Gasteiger partial charge in [-0.05, 0) is 18.6 Å². The van der Waals surface area contributed by atoms with E-state index < -0.39 is 5.97 Å². The lowest BCUT2D eigenvalue weighted by Crippen LogP contribution is -2.09. The van der Waals surface area contributed by atoms with Gasteiger partial charge in [0.05, 0.1) is 6.54 Å². The third-order valence-corrected chi connectivity index (χ3v) is 2.33. The van der Waals surface area contributed by atoms with Crippen LogP contribution in [0.2, 0.25) is 0 Å². The van der Waals surface area contributed by atoms with E-state index in [9.17, 15) is 4.79 Å². The van der Waals surface area contributed by atoms with Crippen LogP contribution in [0.3, 0.4) is 0 Å². The molecule has 0 aromatic carbocycles. The van der Waals surface area contributed by atoms with Crippen LogP contribution in [-0.2, 0) is 13.0 Å². The molecule has 0 aliphatic rings. The van der Waals surface area contributed by atoms with Gasteiger partial charge in [0.25, 0.3) is 0 Å². The standard InChI is InChI=1S/C11H13N3O3/c1-2-4-10-12-9(13-17-10)7-14-6-3-5-8(14)11(15)16/h3,5-6H,2,4,7H2,1H3,(H,15,16). The summed E-state index contributed by atoms with van der Waals surface area (Å²) in [5.41, 5.74) is 0.215. The van der Waals surface area contributed by atoms with Crippen LogP contribution in [-0.4, -0.2) is 25.8 Å². The predicted octanol–water partition coefficient (Wildman–Crippen LogP) is 1.57. The van der Waals surface area contributed by atoms with E-state index in [-0.39, 0.29) is 5.69 Å². The second kappa shape index (κ2) is 4.82. The lowest BCUT2D eigenvalue weighted by molar-refractivity contribution is 0.0685. The molecular formula is C11H13N3O3. The van der Waals surface area contributed by atoms with Gasteiger partial charge in [0.1, 0.15) is 5.69 Å². The van der Waals surface area contributed by atoms with Gasteiger partial charge in [0, 0.05) is 12.6 Å². The SMILES string of the molecule is CCCc1nc(Cn2cccc2C(=O)O)no1. The molecule has 0 amide bonds. The van der Waals surface area contributed by atoms with Crippen molar-refractivity contribution >= 4 is 5.97 Å². The van der Waals surface area contributed by atoms with Gasteiger partial charge in [0.15, 0.2) is 5.82 Å². The van der Waals surface area contributed by atoms with E-state index in [4.69, 9.17) is 9.63 Å². The zero-order valence-electron chi connectivity index (χ0n) is 9.46. The third-order valence-electron chi connectivity index (χ3n) is 2.33. The number of rotatable bonds is 5. The molecule has 0 fully saturated rings. The molecule has 0 atom stereocenters. The summed E-state index contributed by atoms with van der Waals surface area (Å²) in [6, 6.07) is 3.21. The van der Waals surface area contributed by atoms with Gasteiger partial charge in [-0.25, -0.2) is 4.79 Å². The highest BCUT2D eigenvalue weighted by atomic mass is 16.5. The van der Waals surface area contributed by atoms with E-state index in [2.05, 4.69) is 10.1 Å². The Kier molecular flexibility index (Phi) is 3.22. The molecule has 17 heavy (non-hydrogen) atoms. The number of hydrogen-bond donors (Lipinski definition) is 1. The Bertz CT molecular complexity index is 516. The Balaban J connectivity index is 2.14. The monoisotopic (exact) mass is 235 g/mol. The smallest absolute Gasteiger partial charge is 0.352 e. The van der Waals surface area contributed by atoms with Crippen molar-refractivity contribution in [3.05, 3.63) is 35.7 Å². The van der Waals surface area contributed by atoms with E-state index in [0.29, 0.717) is 18.3 Å². The average molecular weight is 235 g/mol. The van der Waals surface area contributed by atoms with Crippen LogP contribution in [0.1, 0.15) is 35.5 Å². The van der Waals surface area contributed by atoms with E-state index in [1.54, 1.807) is 16.8 Å². The van der Waals surface area contributed by atoms with Gasteiger partial charge in [-0.2, -0.15) is 4.98 Å². The summed E-state index contributed by atoms with van der Waals surface area (Å²) in [7, 11) is 0. The van der Waals surface area contributed by atoms with Gasteiger partial charge in [-0.1, -0.05) is 12.1 Å². The zero-order valence-corrected chi connectivity index (χ0v) is 9.46. The average Bonchev–Trinajstić information content (AvgIpc) is 2.89. The summed E-state index contributed by atoms with van der Waals surface area (Å²) in [5, 5.41) is 12.7. The lowest BCUT2D eigenvalue weighted by Gasteiger charge is -2.01. The summed E-state index contributed by atoms with van der Waals surface area (Å²) in [6.07, 6.45) is 3.36. The van der Waals surface area contributed by atoms with Crippen molar-refractivity contribution in [1.29, 1.82) is 0 Å². The first-order valence-corrected chi connectivity index (χ1v) is 5.40. The van der Waals surface area contributed by atoms with Crippen molar-refractivity contribution in [2.45, 2.75) is 26.3 Å². The number of aryl methyl sites for hydroxylation is 1. The Morgan fingerprint density at radius 3 is 3.12 bits per heavy atom. The highest BCUT2D eigenvalue weighted by Crippen LogP contribution is 2.07. The van der Waals surface area contributed by atoms with Gasteiger partial charge in [-0.3, -0.25) is 0 Å². The molecule has 2 heterocycles. The maximum absolute atomic E-state index is 10.9. The Morgan fingerprint density at radius 1 is 1.59 bits per heavy atom. The van der Waals surface area contributed by atoms with Crippen LogP contribution in [0.5, 0.6) is 0 Å².